The molecule has 3 rings (SSSR count). The molecule has 0 aromatic heterocycles. The molecule has 0 aromatic carbocycles. The van der Waals surface area contributed by atoms with Crippen molar-refractivity contribution in [1.82, 2.24) is 10.6 Å². The lowest BCUT2D eigenvalue weighted by molar-refractivity contribution is 0.200. The summed E-state index contributed by atoms with van der Waals surface area (Å²) in [5, 5.41) is 6.90. The third-order valence-corrected chi connectivity index (χ3v) is 2.40. The van der Waals surface area contributed by atoms with Crippen LogP contribution < -0.4 is 10.6 Å². The third kappa shape index (κ3) is 1.10. The Morgan fingerprint density at radius 1 is 1.11 bits per heavy atom. The van der Waals surface area contributed by atoms with Gasteiger partial charge in [0.25, 0.3) is 0 Å². The predicted molar refractivity (Wildman–Crippen MR) is 37.4 cm³/mol. The van der Waals surface area contributed by atoms with E-state index >= 15 is 0 Å². The van der Waals surface area contributed by atoms with E-state index in [4.69, 9.17) is 0 Å². The fourth-order valence-electron chi connectivity index (χ4n) is 1.74. The van der Waals surface area contributed by atoms with Gasteiger partial charge in [-0.2, -0.15) is 0 Å². The highest BCUT2D eigenvalue weighted by Gasteiger charge is 2.28. The maximum absolute atomic E-state index is 3.49. The van der Waals surface area contributed by atoms with Gasteiger partial charge in [-0.25, -0.2) is 0 Å². The molecule has 2 nitrogen and oxygen atoms in total. The lowest BCUT2D eigenvalue weighted by atomic mass is 9.80. The zero-order valence-electron chi connectivity index (χ0n) is 5.69. The van der Waals surface area contributed by atoms with Crippen molar-refractivity contribution in [3.63, 3.8) is 0 Å². The van der Waals surface area contributed by atoms with Crippen molar-refractivity contribution in [1.29, 1.82) is 0 Å². The summed E-state index contributed by atoms with van der Waals surface area (Å²) in [4.78, 5) is 0. The van der Waals surface area contributed by atoms with E-state index < -0.39 is 0 Å². The van der Waals surface area contributed by atoms with Crippen molar-refractivity contribution in [3.8, 4) is 0 Å². The molecule has 0 unspecified atom stereocenters. The summed E-state index contributed by atoms with van der Waals surface area (Å²) >= 11 is 0. The molecule has 0 radical (unpaired) electrons. The Labute approximate surface area is 56.0 Å². The predicted octanol–water partition coefficient (Wildman–Crippen LogP) is -0.0422. The maximum atomic E-state index is 3.49. The number of rotatable bonds is 0. The lowest BCUT2D eigenvalue weighted by Crippen LogP contribution is -2.50. The van der Waals surface area contributed by atoms with Crippen LogP contribution in [0.4, 0.5) is 0 Å². The molecule has 2 aliphatic heterocycles. The molecular formula is C7H14N2. The Morgan fingerprint density at radius 2 is 2.00 bits per heavy atom. The van der Waals surface area contributed by atoms with Gasteiger partial charge in [0.05, 0.1) is 0 Å². The van der Waals surface area contributed by atoms with E-state index in [-0.39, 0.29) is 0 Å². The van der Waals surface area contributed by atoms with Crippen LogP contribution in [0.15, 0.2) is 0 Å². The molecule has 3 aliphatic rings. The number of nitrogens with one attached hydrogen (secondary N) is 2. The summed E-state index contributed by atoms with van der Waals surface area (Å²) in [5.74, 6) is 0.989. The summed E-state index contributed by atoms with van der Waals surface area (Å²) in [6, 6.07) is 0.872. The van der Waals surface area contributed by atoms with Gasteiger partial charge in [-0.05, 0) is 25.3 Å². The molecule has 0 amide bonds. The first kappa shape index (κ1) is 5.69. The van der Waals surface area contributed by atoms with E-state index in [1.165, 1.54) is 19.4 Å². The average molecular weight is 126 g/mol. The SMILES string of the molecule is C1CNC2CC(CN1)C2. The molecule has 0 aromatic rings. The molecular weight excluding hydrogens is 112 g/mol. The molecule has 3 fully saturated rings. The van der Waals surface area contributed by atoms with Crippen molar-refractivity contribution in [2.45, 2.75) is 18.9 Å². The van der Waals surface area contributed by atoms with Gasteiger partial charge in [0.2, 0.25) is 0 Å². The average Bonchev–Trinajstić information content (AvgIpc) is 1.54. The van der Waals surface area contributed by atoms with E-state index in [9.17, 15) is 0 Å². The monoisotopic (exact) mass is 126 g/mol. The van der Waals surface area contributed by atoms with E-state index in [0.717, 1.165) is 25.0 Å². The van der Waals surface area contributed by atoms with Gasteiger partial charge < -0.3 is 10.6 Å². The first-order valence-electron chi connectivity index (χ1n) is 3.89. The van der Waals surface area contributed by atoms with E-state index in [0.29, 0.717) is 0 Å². The number of hydrogen-bond acceptors (Lipinski definition) is 2. The number of hydrogen-bond donors (Lipinski definition) is 2. The largest absolute Gasteiger partial charge is 0.315 e. The molecule has 1 saturated carbocycles. The van der Waals surface area contributed by atoms with Crippen LogP contribution in [0.3, 0.4) is 0 Å². The molecule has 1 aliphatic carbocycles. The first-order valence-corrected chi connectivity index (χ1v) is 3.89. The fourth-order valence-corrected chi connectivity index (χ4v) is 1.74. The molecule has 9 heavy (non-hydrogen) atoms. The van der Waals surface area contributed by atoms with Crippen LogP contribution in [0.1, 0.15) is 12.8 Å². The topological polar surface area (TPSA) is 24.1 Å². The highest BCUT2D eigenvalue weighted by molar-refractivity contribution is 4.87. The van der Waals surface area contributed by atoms with Crippen LogP contribution in [-0.4, -0.2) is 25.7 Å². The third-order valence-electron chi connectivity index (χ3n) is 2.40. The molecule has 2 heteroatoms. The smallest absolute Gasteiger partial charge is 0.00793 e. The zero-order chi connectivity index (χ0) is 6.10. The molecule has 2 bridgehead atoms. The standard InChI is InChI=1S/C7H14N2/c1-2-9-7-3-6(4-7)5-8-1/h6-9H,1-5H2. The van der Waals surface area contributed by atoms with Crippen molar-refractivity contribution in [2.75, 3.05) is 19.6 Å². The second kappa shape index (κ2) is 2.27. The molecule has 0 atom stereocenters. The Kier molecular flexibility index (Phi) is 1.44. The Balaban J connectivity index is 1.85. The van der Waals surface area contributed by atoms with Gasteiger partial charge in [-0.1, -0.05) is 0 Å². The molecule has 52 valence electrons. The minimum atomic E-state index is 0.872. The molecule has 2 N–H and O–H groups in total. The van der Waals surface area contributed by atoms with Crippen molar-refractivity contribution in [3.05, 3.63) is 0 Å². The van der Waals surface area contributed by atoms with Crippen LogP contribution in [0.5, 0.6) is 0 Å². The van der Waals surface area contributed by atoms with Crippen LogP contribution in [0.2, 0.25) is 0 Å². The van der Waals surface area contributed by atoms with Crippen LogP contribution >= 0.6 is 0 Å². The van der Waals surface area contributed by atoms with Crippen molar-refractivity contribution >= 4 is 0 Å². The van der Waals surface area contributed by atoms with Gasteiger partial charge in [0.15, 0.2) is 0 Å². The summed E-state index contributed by atoms with van der Waals surface area (Å²) < 4.78 is 0. The molecule has 0 spiro atoms. The van der Waals surface area contributed by atoms with Crippen LogP contribution in [0, 0.1) is 5.92 Å². The lowest BCUT2D eigenvalue weighted by Gasteiger charge is -2.38. The van der Waals surface area contributed by atoms with Gasteiger partial charge >= 0.3 is 0 Å². The summed E-state index contributed by atoms with van der Waals surface area (Å²) in [6.45, 7) is 3.59. The number of fused-ring (bicyclic) bond motifs is 4. The maximum Gasteiger partial charge on any atom is 0.00793 e. The zero-order valence-corrected chi connectivity index (χ0v) is 5.69. The summed E-state index contributed by atoms with van der Waals surface area (Å²) in [7, 11) is 0. The minimum absolute atomic E-state index is 0.872. The van der Waals surface area contributed by atoms with Crippen molar-refractivity contribution in [2.24, 2.45) is 5.92 Å². The van der Waals surface area contributed by atoms with E-state index in [2.05, 4.69) is 10.6 Å². The summed E-state index contributed by atoms with van der Waals surface area (Å²) in [5.41, 5.74) is 0. The molecule has 2 heterocycles. The Bertz CT molecular complexity index is 81.6. The Hall–Kier alpha value is -0.0800. The van der Waals surface area contributed by atoms with E-state index in [1.807, 2.05) is 0 Å². The van der Waals surface area contributed by atoms with Crippen LogP contribution in [0.25, 0.3) is 0 Å². The minimum Gasteiger partial charge on any atom is -0.315 e. The quantitative estimate of drug-likeness (QED) is 0.476. The van der Waals surface area contributed by atoms with Crippen molar-refractivity contribution < 1.29 is 0 Å². The van der Waals surface area contributed by atoms with Gasteiger partial charge in [-0.3, -0.25) is 0 Å². The highest BCUT2D eigenvalue weighted by Crippen LogP contribution is 2.26. The first-order chi connectivity index (χ1) is 4.45. The Morgan fingerprint density at radius 3 is 2.89 bits per heavy atom. The fraction of sp³-hybridized carbons (Fsp3) is 1.00. The van der Waals surface area contributed by atoms with E-state index in [1.54, 1.807) is 0 Å². The second-order valence-corrected chi connectivity index (χ2v) is 3.19. The van der Waals surface area contributed by atoms with Gasteiger partial charge in [0.1, 0.15) is 0 Å². The highest BCUT2D eigenvalue weighted by atomic mass is 15.0. The van der Waals surface area contributed by atoms with Crippen LogP contribution in [-0.2, 0) is 0 Å². The normalized spacial score (nSPS) is 42.7. The van der Waals surface area contributed by atoms with Gasteiger partial charge in [-0.15, -0.1) is 0 Å². The summed E-state index contributed by atoms with van der Waals surface area (Å²) in [6.07, 6.45) is 2.82. The second-order valence-electron chi connectivity index (χ2n) is 3.19. The molecule has 2 saturated heterocycles. The van der Waals surface area contributed by atoms with Gasteiger partial charge in [0, 0.05) is 19.1 Å².